The van der Waals surface area contributed by atoms with Crippen molar-refractivity contribution in [1.82, 2.24) is 0 Å². The zero-order valence-electron chi connectivity index (χ0n) is 15.3. The Hall–Kier alpha value is 0.766. The predicted molar refractivity (Wildman–Crippen MR) is 99.2 cm³/mol. The second kappa shape index (κ2) is 36.7. The molecule has 0 atom stereocenters. The van der Waals surface area contributed by atoms with Gasteiger partial charge in [0, 0.05) is 0 Å². The van der Waals surface area contributed by atoms with Crippen molar-refractivity contribution in [1.29, 1.82) is 0 Å². The third-order valence-corrected chi connectivity index (χ3v) is 2.91. The van der Waals surface area contributed by atoms with Crippen LogP contribution in [0.25, 0.3) is 0 Å². The van der Waals surface area contributed by atoms with Crippen LogP contribution >= 0.6 is 0 Å². The van der Waals surface area contributed by atoms with Gasteiger partial charge in [0.05, 0.1) is 0 Å². The molecule has 0 amide bonds. The molecule has 0 fully saturated rings. The minimum absolute atomic E-state index is 0. The van der Waals surface area contributed by atoms with Crippen LogP contribution in [-0.2, 0) is 0 Å². The minimum atomic E-state index is 0. The van der Waals surface area contributed by atoms with E-state index in [2.05, 4.69) is 41.5 Å². The van der Waals surface area contributed by atoms with Crippen molar-refractivity contribution in [3.8, 4) is 0 Å². The molecule has 0 N–H and O–H groups in total. The van der Waals surface area contributed by atoms with E-state index in [0.717, 1.165) is 12.8 Å². The zero-order valence-corrected chi connectivity index (χ0v) is 16.7. The first-order valence-electron chi connectivity index (χ1n) is 8.83. The molecule has 0 bridgehead atoms. The van der Waals surface area contributed by atoms with Crippen LogP contribution in [0.15, 0.2) is 0 Å². The Kier molecular flexibility index (Phi) is 53.0. The van der Waals surface area contributed by atoms with Crippen LogP contribution in [0.5, 0.6) is 0 Å². The first kappa shape index (κ1) is 28.9. The van der Waals surface area contributed by atoms with Crippen molar-refractivity contribution in [3.63, 3.8) is 0 Å². The van der Waals surface area contributed by atoms with Crippen molar-refractivity contribution in [2.24, 2.45) is 0 Å². The quantitative estimate of drug-likeness (QED) is 0.224. The minimum Gasteiger partial charge on any atom is -0.343 e. The standard InChI is InChI=1S/C8H17.C7H16.C4H9.Mg/c1-3-5-7-8-6-4-2;1-3-5-7-6-4-2;1-3-4-2;/h1,3-8H2,2H3;3-7H2,1-2H3;1,3-4H2,2H3;/q-1;;-1;+2. The topological polar surface area (TPSA) is 0 Å². The fourth-order valence-electron chi connectivity index (χ4n) is 1.46. The molecule has 0 aromatic heterocycles. The van der Waals surface area contributed by atoms with E-state index >= 15 is 0 Å². The van der Waals surface area contributed by atoms with Crippen molar-refractivity contribution in [3.05, 3.63) is 13.8 Å². The maximum atomic E-state index is 3.78. The Bertz CT molecular complexity index is 89.9. The summed E-state index contributed by atoms with van der Waals surface area (Å²) in [7, 11) is 0. The van der Waals surface area contributed by atoms with E-state index in [4.69, 9.17) is 0 Å². The van der Waals surface area contributed by atoms with Crippen LogP contribution in [0.1, 0.15) is 111 Å². The average Bonchev–Trinajstić information content (AvgIpc) is 2.45. The molecule has 1 heteroatoms. The zero-order chi connectivity index (χ0) is 15.2. The Labute approximate surface area is 148 Å². The molecule has 120 valence electrons. The van der Waals surface area contributed by atoms with Gasteiger partial charge in [-0.1, -0.05) is 98.3 Å². The van der Waals surface area contributed by atoms with Gasteiger partial charge in [-0.25, -0.2) is 0 Å². The number of rotatable bonds is 10. The van der Waals surface area contributed by atoms with E-state index in [0.29, 0.717) is 0 Å². The number of hydrogen-bond donors (Lipinski definition) is 0. The van der Waals surface area contributed by atoms with Crippen molar-refractivity contribution in [2.75, 3.05) is 0 Å². The molecule has 0 rings (SSSR count). The maximum absolute atomic E-state index is 3.78. The van der Waals surface area contributed by atoms with Crippen molar-refractivity contribution < 1.29 is 0 Å². The Morgan fingerprint density at radius 1 is 0.450 bits per heavy atom. The maximum Gasteiger partial charge on any atom is 2.00 e. The molecule has 20 heavy (non-hydrogen) atoms. The summed E-state index contributed by atoms with van der Waals surface area (Å²) in [5.74, 6) is 0. The van der Waals surface area contributed by atoms with Gasteiger partial charge in [0.1, 0.15) is 0 Å². The Morgan fingerprint density at radius 2 is 0.750 bits per heavy atom. The van der Waals surface area contributed by atoms with Crippen LogP contribution in [0.2, 0.25) is 0 Å². The molecule has 0 aliphatic carbocycles. The first-order chi connectivity index (χ1) is 9.24. The van der Waals surface area contributed by atoms with Gasteiger partial charge < -0.3 is 13.8 Å². The van der Waals surface area contributed by atoms with E-state index < -0.39 is 0 Å². The third kappa shape index (κ3) is 51.1. The molecular weight excluding hydrogens is 253 g/mol. The van der Waals surface area contributed by atoms with Crippen LogP contribution in [0.4, 0.5) is 0 Å². The van der Waals surface area contributed by atoms with Gasteiger partial charge in [-0.05, 0) is 0 Å². The van der Waals surface area contributed by atoms with Crippen LogP contribution in [0, 0.1) is 13.8 Å². The van der Waals surface area contributed by atoms with E-state index in [1.54, 1.807) is 0 Å². The second-order valence-electron chi connectivity index (χ2n) is 5.18. The molecule has 0 aromatic carbocycles. The van der Waals surface area contributed by atoms with E-state index in [9.17, 15) is 0 Å². The van der Waals surface area contributed by atoms with E-state index in [1.807, 2.05) is 0 Å². The van der Waals surface area contributed by atoms with Gasteiger partial charge in [0.2, 0.25) is 0 Å². The average molecular weight is 295 g/mol. The first-order valence-corrected chi connectivity index (χ1v) is 8.83. The van der Waals surface area contributed by atoms with Crippen LogP contribution < -0.4 is 0 Å². The summed E-state index contributed by atoms with van der Waals surface area (Å²) in [6.07, 6.45) is 17.3. The van der Waals surface area contributed by atoms with Crippen molar-refractivity contribution in [2.45, 2.75) is 111 Å². The van der Waals surface area contributed by atoms with Crippen LogP contribution in [-0.4, -0.2) is 23.1 Å². The summed E-state index contributed by atoms with van der Waals surface area (Å²) in [6, 6.07) is 0. The molecule has 0 aliphatic heterocycles. The predicted octanol–water partition coefficient (Wildman–Crippen LogP) is 7.40. The molecule has 0 unspecified atom stereocenters. The van der Waals surface area contributed by atoms with Gasteiger partial charge >= 0.3 is 23.1 Å². The largest absolute Gasteiger partial charge is 2.00 e. The monoisotopic (exact) mass is 294 g/mol. The SMILES string of the molecule is CCCCCCC.[CH2-]CCC.[CH2-]CCCCCCC.[Mg+2]. The molecule has 0 radical (unpaired) electrons. The van der Waals surface area contributed by atoms with E-state index in [-0.39, 0.29) is 23.1 Å². The van der Waals surface area contributed by atoms with Crippen molar-refractivity contribution >= 4 is 23.1 Å². The second-order valence-corrected chi connectivity index (χ2v) is 5.18. The van der Waals surface area contributed by atoms with Gasteiger partial charge in [0.25, 0.3) is 0 Å². The summed E-state index contributed by atoms with van der Waals surface area (Å²) in [5.41, 5.74) is 0. The molecule has 0 spiro atoms. The summed E-state index contributed by atoms with van der Waals surface area (Å²) < 4.78 is 0. The van der Waals surface area contributed by atoms with Gasteiger partial charge in [-0.15, -0.1) is 0 Å². The summed E-state index contributed by atoms with van der Waals surface area (Å²) >= 11 is 0. The Morgan fingerprint density at radius 3 is 1.00 bits per heavy atom. The van der Waals surface area contributed by atoms with Gasteiger partial charge in [-0.2, -0.15) is 12.8 Å². The summed E-state index contributed by atoms with van der Waals surface area (Å²) in [5, 5.41) is 0. The summed E-state index contributed by atoms with van der Waals surface area (Å²) in [4.78, 5) is 0. The fourth-order valence-corrected chi connectivity index (χ4v) is 1.46. The number of hydrogen-bond acceptors (Lipinski definition) is 0. The molecule has 0 saturated carbocycles. The van der Waals surface area contributed by atoms with Gasteiger partial charge in [-0.3, -0.25) is 0 Å². The van der Waals surface area contributed by atoms with E-state index in [1.165, 1.54) is 70.6 Å². The fraction of sp³-hybridized carbons (Fsp3) is 0.895. The third-order valence-electron chi connectivity index (χ3n) is 2.91. The summed E-state index contributed by atoms with van der Waals surface area (Å²) in [6.45, 7) is 16.2. The molecule has 0 aliphatic rings. The Balaban J connectivity index is -0.0000000986. The molecular formula is C19H42Mg. The smallest absolute Gasteiger partial charge is 0.343 e. The molecule has 0 nitrogen and oxygen atoms in total. The molecule has 0 heterocycles. The van der Waals surface area contributed by atoms with Crippen LogP contribution in [0.3, 0.4) is 0 Å². The number of unbranched alkanes of at least 4 members (excludes halogenated alkanes) is 10. The molecule has 0 aromatic rings. The van der Waals surface area contributed by atoms with Gasteiger partial charge in [0.15, 0.2) is 0 Å². The normalized spacial score (nSPS) is 8.70. The molecule has 0 saturated heterocycles.